The fraction of sp³-hybridized carbons (Fsp3) is 0.556. The molecule has 1 spiro atoms. The molecule has 4 rings (SSSR count). The summed E-state index contributed by atoms with van der Waals surface area (Å²) in [4.78, 5) is 26.5. The molecule has 1 aromatic rings. The van der Waals surface area contributed by atoms with E-state index < -0.39 is 5.54 Å². The van der Waals surface area contributed by atoms with Crippen molar-refractivity contribution in [2.45, 2.75) is 56.8 Å². The van der Waals surface area contributed by atoms with Crippen LogP contribution >= 0.6 is 0 Å². The highest BCUT2D eigenvalue weighted by Crippen LogP contribution is 2.34. The van der Waals surface area contributed by atoms with Crippen molar-refractivity contribution >= 4 is 11.9 Å². The highest BCUT2D eigenvalue weighted by molar-refractivity contribution is 6.07. The predicted molar refractivity (Wildman–Crippen MR) is 84.8 cm³/mol. The van der Waals surface area contributed by atoms with Crippen molar-refractivity contribution in [1.29, 1.82) is 0 Å². The van der Waals surface area contributed by atoms with Gasteiger partial charge in [-0.2, -0.15) is 0 Å². The lowest BCUT2D eigenvalue weighted by molar-refractivity contribution is -0.134. The van der Waals surface area contributed by atoms with Gasteiger partial charge in [0.2, 0.25) is 0 Å². The first kappa shape index (κ1) is 14.7. The molecule has 0 aromatic heterocycles. The summed E-state index contributed by atoms with van der Waals surface area (Å²) in [6.07, 6.45) is 5.33. The SMILES string of the molecule is O=C1NC2(CCCCC2)C(=O)N1C[C@@H]1Cc2ccccc2CO1. The number of imide groups is 1. The zero-order valence-electron chi connectivity index (χ0n) is 13.2. The lowest BCUT2D eigenvalue weighted by atomic mass is 9.81. The zero-order chi connectivity index (χ0) is 15.9. The average Bonchev–Trinajstić information content (AvgIpc) is 2.80. The number of nitrogens with one attached hydrogen (secondary N) is 1. The van der Waals surface area contributed by atoms with Gasteiger partial charge in [0.25, 0.3) is 5.91 Å². The third-order valence-electron chi connectivity index (χ3n) is 5.38. The van der Waals surface area contributed by atoms with E-state index in [2.05, 4.69) is 17.4 Å². The number of fused-ring (bicyclic) bond motifs is 1. The van der Waals surface area contributed by atoms with Crippen LogP contribution in [0.5, 0.6) is 0 Å². The zero-order valence-corrected chi connectivity index (χ0v) is 13.2. The number of nitrogens with zero attached hydrogens (tertiary/aromatic N) is 1. The quantitative estimate of drug-likeness (QED) is 0.853. The van der Waals surface area contributed by atoms with Crippen LogP contribution in [0.4, 0.5) is 4.79 Å². The number of amides is 3. The van der Waals surface area contributed by atoms with Crippen LogP contribution in [-0.2, 0) is 22.6 Å². The van der Waals surface area contributed by atoms with Crippen molar-refractivity contribution in [1.82, 2.24) is 10.2 Å². The van der Waals surface area contributed by atoms with E-state index in [0.29, 0.717) is 13.2 Å². The molecule has 1 N–H and O–H groups in total. The van der Waals surface area contributed by atoms with Crippen molar-refractivity contribution in [3.8, 4) is 0 Å². The van der Waals surface area contributed by atoms with E-state index in [0.717, 1.165) is 38.5 Å². The maximum absolute atomic E-state index is 12.8. The molecule has 0 bridgehead atoms. The molecular weight excluding hydrogens is 292 g/mol. The lowest BCUT2D eigenvalue weighted by Crippen LogP contribution is -2.49. The normalized spacial score (nSPS) is 26.3. The van der Waals surface area contributed by atoms with Crippen LogP contribution < -0.4 is 5.32 Å². The van der Waals surface area contributed by atoms with E-state index in [1.54, 1.807) is 0 Å². The Morgan fingerprint density at radius 2 is 1.87 bits per heavy atom. The Balaban J connectivity index is 1.47. The fourth-order valence-electron chi connectivity index (χ4n) is 4.07. The molecule has 1 atom stereocenters. The molecule has 1 aromatic carbocycles. The van der Waals surface area contributed by atoms with Gasteiger partial charge in [-0.05, 0) is 24.0 Å². The highest BCUT2D eigenvalue weighted by atomic mass is 16.5. The van der Waals surface area contributed by atoms with Gasteiger partial charge in [0.15, 0.2) is 0 Å². The summed E-state index contributed by atoms with van der Waals surface area (Å²) in [6, 6.07) is 7.94. The van der Waals surface area contributed by atoms with Gasteiger partial charge >= 0.3 is 6.03 Å². The first-order valence-electron chi connectivity index (χ1n) is 8.50. The van der Waals surface area contributed by atoms with Gasteiger partial charge in [0.05, 0.1) is 19.3 Å². The predicted octanol–water partition coefficient (Wildman–Crippen LogP) is 2.38. The molecule has 2 heterocycles. The monoisotopic (exact) mass is 314 g/mol. The van der Waals surface area contributed by atoms with Crippen molar-refractivity contribution in [3.63, 3.8) is 0 Å². The van der Waals surface area contributed by atoms with E-state index in [1.165, 1.54) is 16.0 Å². The van der Waals surface area contributed by atoms with E-state index >= 15 is 0 Å². The standard InChI is InChI=1S/C18H22N2O3/c21-16-18(8-4-1-5-9-18)19-17(22)20(16)11-15-10-13-6-2-3-7-14(13)12-23-15/h2-3,6-7,15H,1,4-5,8-12H2,(H,19,22)/t15-/m0/s1. The number of rotatable bonds is 2. The number of hydrogen-bond acceptors (Lipinski definition) is 3. The Bertz CT molecular complexity index is 637. The largest absolute Gasteiger partial charge is 0.371 e. The number of carbonyl (C=O) groups excluding carboxylic acids is 2. The maximum Gasteiger partial charge on any atom is 0.325 e. The Morgan fingerprint density at radius 1 is 1.13 bits per heavy atom. The summed E-state index contributed by atoms with van der Waals surface area (Å²) in [7, 11) is 0. The number of hydrogen-bond donors (Lipinski definition) is 1. The van der Waals surface area contributed by atoms with Crippen molar-refractivity contribution in [2.24, 2.45) is 0 Å². The molecule has 122 valence electrons. The van der Waals surface area contributed by atoms with Gasteiger partial charge in [0, 0.05) is 6.42 Å². The minimum Gasteiger partial charge on any atom is -0.371 e. The summed E-state index contributed by atoms with van der Waals surface area (Å²) in [5, 5.41) is 2.96. The third-order valence-corrected chi connectivity index (χ3v) is 5.38. The Labute approximate surface area is 136 Å². The van der Waals surface area contributed by atoms with Gasteiger partial charge in [-0.3, -0.25) is 9.69 Å². The van der Waals surface area contributed by atoms with Gasteiger partial charge in [-0.1, -0.05) is 43.5 Å². The van der Waals surface area contributed by atoms with Crippen LogP contribution in [-0.4, -0.2) is 35.0 Å². The summed E-state index contributed by atoms with van der Waals surface area (Å²) in [5.74, 6) is -0.0512. The van der Waals surface area contributed by atoms with Gasteiger partial charge in [0.1, 0.15) is 5.54 Å². The minimum absolute atomic E-state index is 0.0512. The molecule has 5 nitrogen and oxygen atoms in total. The van der Waals surface area contributed by atoms with Crippen LogP contribution in [0.25, 0.3) is 0 Å². The Hall–Kier alpha value is -1.88. The Morgan fingerprint density at radius 3 is 2.65 bits per heavy atom. The van der Waals surface area contributed by atoms with Crippen molar-refractivity contribution < 1.29 is 14.3 Å². The van der Waals surface area contributed by atoms with Crippen LogP contribution in [0.15, 0.2) is 24.3 Å². The number of ether oxygens (including phenoxy) is 1. The van der Waals surface area contributed by atoms with Crippen LogP contribution in [0, 0.1) is 0 Å². The van der Waals surface area contributed by atoms with E-state index in [4.69, 9.17) is 4.74 Å². The second-order valence-corrected chi connectivity index (χ2v) is 6.89. The molecule has 0 unspecified atom stereocenters. The number of benzene rings is 1. The lowest BCUT2D eigenvalue weighted by Gasteiger charge is -2.31. The smallest absolute Gasteiger partial charge is 0.325 e. The summed E-state index contributed by atoms with van der Waals surface area (Å²) < 4.78 is 5.86. The summed E-state index contributed by atoms with van der Waals surface area (Å²) in [5.41, 5.74) is 1.81. The van der Waals surface area contributed by atoms with E-state index in [1.807, 2.05) is 12.1 Å². The molecule has 3 aliphatic rings. The second kappa shape index (κ2) is 5.64. The molecule has 23 heavy (non-hydrogen) atoms. The van der Waals surface area contributed by atoms with Crippen molar-refractivity contribution in [2.75, 3.05) is 6.54 Å². The molecule has 2 fully saturated rings. The highest BCUT2D eigenvalue weighted by Gasteiger charge is 2.51. The van der Waals surface area contributed by atoms with Gasteiger partial charge in [-0.25, -0.2) is 4.79 Å². The van der Waals surface area contributed by atoms with Crippen LogP contribution in [0.2, 0.25) is 0 Å². The molecule has 0 radical (unpaired) electrons. The molecule has 5 heteroatoms. The minimum atomic E-state index is -0.637. The number of urea groups is 1. The second-order valence-electron chi connectivity index (χ2n) is 6.89. The first-order valence-corrected chi connectivity index (χ1v) is 8.50. The van der Waals surface area contributed by atoms with Crippen LogP contribution in [0.3, 0.4) is 0 Å². The van der Waals surface area contributed by atoms with E-state index in [-0.39, 0.29) is 18.0 Å². The molecule has 1 aliphatic carbocycles. The topological polar surface area (TPSA) is 58.6 Å². The van der Waals surface area contributed by atoms with Gasteiger partial charge in [-0.15, -0.1) is 0 Å². The fourth-order valence-corrected chi connectivity index (χ4v) is 4.07. The summed E-state index contributed by atoms with van der Waals surface area (Å²) in [6.45, 7) is 0.899. The molecule has 1 saturated carbocycles. The third kappa shape index (κ3) is 2.53. The summed E-state index contributed by atoms with van der Waals surface area (Å²) >= 11 is 0. The number of carbonyl (C=O) groups is 2. The molecule has 2 aliphatic heterocycles. The average molecular weight is 314 g/mol. The molecule has 1 saturated heterocycles. The molecule has 3 amide bonds. The van der Waals surface area contributed by atoms with E-state index in [9.17, 15) is 9.59 Å². The first-order chi connectivity index (χ1) is 11.2. The van der Waals surface area contributed by atoms with Crippen LogP contribution in [0.1, 0.15) is 43.2 Å². The molecular formula is C18H22N2O3. The van der Waals surface area contributed by atoms with Gasteiger partial charge < -0.3 is 10.1 Å². The Kier molecular flexibility index (Phi) is 3.60. The van der Waals surface area contributed by atoms with Crippen molar-refractivity contribution in [3.05, 3.63) is 35.4 Å². The maximum atomic E-state index is 12.8.